The zero-order chi connectivity index (χ0) is 12.1. The predicted octanol–water partition coefficient (Wildman–Crippen LogP) is 3.60. The standard InChI is InChI=1S/C11H12F2O2S/c1-3-9(14)8-6-7(15-11(12)13)4-5-10(8)16-2/h4-6,11H,3H2,1-2H3. The van der Waals surface area contributed by atoms with Crippen molar-refractivity contribution in [2.24, 2.45) is 0 Å². The van der Waals surface area contributed by atoms with Crippen molar-refractivity contribution in [1.29, 1.82) is 0 Å². The number of Topliss-reactive ketones (excluding diaryl/α,β-unsaturated/α-hetero) is 1. The van der Waals surface area contributed by atoms with Crippen LogP contribution in [-0.2, 0) is 0 Å². The lowest BCUT2D eigenvalue weighted by Crippen LogP contribution is -2.04. The normalized spacial score (nSPS) is 10.6. The Balaban J connectivity index is 3.06. The number of ether oxygens (including phenoxy) is 1. The van der Waals surface area contributed by atoms with Gasteiger partial charge in [-0.25, -0.2) is 0 Å². The Morgan fingerprint density at radius 2 is 2.19 bits per heavy atom. The number of carbonyl (C=O) groups is 1. The number of halogens is 2. The van der Waals surface area contributed by atoms with Crippen LogP contribution in [-0.4, -0.2) is 18.7 Å². The Labute approximate surface area is 97.0 Å². The lowest BCUT2D eigenvalue weighted by molar-refractivity contribution is -0.0499. The van der Waals surface area contributed by atoms with Gasteiger partial charge in [0.25, 0.3) is 0 Å². The number of benzene rings is 1. The number of rotatable bonds is 5. The minimum atomic E-state index is -2.87. The fourth-order valence-electron chi connectivity index (χ4n) is 1.27. The number of ketones is 1. The summed E-state index contributed by atoms with van der Waals surface area (Å²) in [5.41, 5.74) is 0.438. The monoisotopic (exact) mass is 246 g/mol. The molecule has 1 rings (SSSR count). The van der Waals surface area contributed by atoms with Gasteiger partial charge in [0.05, 0.1) is 0 Å². The molecule has 5 heteroatoms. The van der Waals surface area contributed by atoms with Crippen LogP contribution in [0.25, 0.3) is 0 Å². The third kappa shape index (κ3) is 3.20. The molecule has 0 heterocycles. The van der Waals surface area contributed by atoms with E-state index in [4.69, 9.17) is 0 Å². The van der Waals surface area contributed by atoms with Crippen molar-refractivity contribution < 1.29 is 18.3 Å². The van der Waals surface area contributed by atoms with Crippen molar-refractivity contribution in [1.82, 2.24) is 0 Å². The van der Waals surface area contributed by atoms with Crippen LogP contribution in [0.4, 0.5) is 8.78 Å². The molecule has 0 amide bonds. The molecule has 0 atom stereocenters. The Morgan fingerprint density at radius 3 is 2.69 bits per heavy atom. The largest absolute Gasteiger partial charge is 0.435 e. The summed E-state index contributed by atoms with van der Waals surface area (Å²) in [4.78, 5) is 12.3. The lowest BCUT2D eigenvalue weighted by Gasteiger charge is -2.09. The van der Waals surface area contributed by atoms with Crippen molar-refractivity contribution in [2.75, 3.05) is 6.26 Å². The van der Waals surface area contributed by atoms with E-state index in [0.29, 0.717) is 12.0 Å². The van der Waals surface area contributed by atoms with Gasteiger partial charge in [0.2, 0.25) is 0 Å². The Morgan fingerprint density at radius 1 is 1.50 bits per heavy atom. The first-order valence-electron chi connectivity index (χ1n) is 4.74. The first-order valence-corrected chi connectivity index (χ1v) is 5.97. The SMILES string of the molecule is CCC(=O)c1cc(OC(F)F)ccc1SC. The summed E-state index contributed by atoms with van der Waals surface area (Å²) in [7, 11) is 0. The van der Waals surface area contributed by atoms with Gasteiger partial charge in [-0.15, -0.1) is 11.8 Å². The van der Waals surface area contributed by atoms with Crippen LogP contribution >= 0.6 is 11.8 Å². The van der Waals surface area contributed by atoms with E-state index in [0.717, 1.165) is 4.90 Å². The van der Waals surface area contributed by atoms with E-state index in [1.165, 1.54) is 23.9 Å². The summed E-state index contributed by atoms with van der Waals surface area (Å²) in [6, 6.07) is 4.42. The van der Waals surface area contributed by atoms with E-state index in [9.17, 15) is 13.6 Å². The molecule has 0 spiro atoms. The fraction of sp³-hybridized carbons (Fsp3) is 0.364. The highest BCUT2D eigenvalue weighted by molar-refractivity contribution is 7.98. The third-order valence-corrected chi connectivity index (χ3v) is 2.81. The molecule has 0 aromatic heterocycles. The van der Waals surface area contributed by atoms with Crippen molar-refractivity contribution in [3.8, 4) is 5.75 Å². The van der Waals surface area contributed by atoms with Gasteiger partial charge in [-0.05, 0) is 24.5 Å². The van der Waals surface area contributed by atoms with Gasteiger partial charge >= 0.3 is 6.61 Å². The molecule has 0 saturated heterocycles. The second-order valence-electron chi connectivity index (χ2n) is 3.02. The minimum Gasteiger partial charge on any atom is -0.435 e. The molecular formula is C11H12F2O2S. The van der Waals surface area contributed by atoms with E-state index in [-0.39, 0.29) is 11.5 Å². The number of hydrogen-bond donors (Lipinski definition) is 0. The number of thioether (sulfide) groups is 1. The van der Waals surface area contributed by atoms with Gasteiger partial charge in [0, 0.05) is 16.9 Å². The molecule has 0 saturated carbocycles. The average Bonchev–Trinajstić information content (AvgIpc) is 2.27. The molecule has 1 aromatic rings. The summed E-state index contributed by atoms with van der Waals surface area (Å²) in [5.74, 6) is -0.0614. The first kappa shape index (κ1) is 13.0. The lowest BCUT2D eigenvalue weighted by atomic mass is 10.1. The second kappa shape index (κ2) is 5.84. The van der Waals surface area contributed by atoms with Crippen LogP contribution in [0.5, 0.6) is 5.75 Å². The van der Waals surface area contributed by atoms with Crippen molar-refractivity contribution in [3.63, 3.8) is 0 Å². The van der Waals surface area contributed by atoms with Gasteiger partial charge < -0.3 is 4.74 Å². The van der Waals surface area contributed by atoms with E-state index < -0.39 is 6.61 Å². The maximum Gasteiger partial charge on any atom is 0.387 e. The van der Waals surface area contributed by atoms with Crippen LogP contribution in [0.1, 0.15) is 23.7 Å². The molecule has 1 aromatic carbocycles. The number of hydrogen-bond acceptors (Lipinski definition) is 3. The molecule has 88 valence electrons. The van der Waals surface area contributed by atoms with Gasteiger partial charge in [-0.1, -0.05) is 6.92 Å². The highest BCUT2D eigenvalue weighted by atomic mass is 32.2. The quantitative estimate of drug-likeness (QED) is 0.586. The molecule has 2 nitrogen and oxygen atoms in total. The van der Waals surface area contributed by atoms with Crippen molar-refractivity contribution >= 4 is 17.5 Å². The van der Waals surface area contributed by atoms with Crippen LogP contribution in [0.2, 0.25) is 0 Å². The minimum absolute atomic E-state index is 0.0181. The third-order valence-electron chi connectivity index (χ3n) is 2.02. The molecule has 0 bridgehead atoms. The van der Waals surface area contributed by atoms with E-state index in [1.54, 1.807) is 13.0 Å². The molecule has 0 N–H and O–H groups in total. The number of carbonyl (C=O) groups excluding carboxylic acids is 1. The summed E-state index contributed by atoms with van der Waals surface area (Å²) < 4.78 is 28.3. The van der Waals surface area contributed by atoms with Crippen molar-refractivity contribution in [3.05, 3.63) is 23.8 Å². The van der Waals surface area contributed by atoms with Gasteiger partial charge in [-0.2, -0.15) is 8.78 Å². The molecule has 16 heavy (non-hydrogen) atoms. The maximum absolute atomic E-state index is 12.0. The van der Waals surface area contributed by atoms with Crippen LogP contribution < -0.4 is 4.74 Å². The summed E-state index contributed by atoms with van der Waals surface area (Å²) in [6.45, 7) is -1.14. The Bertz CT molecular complexity index is 380. The highest BCUT2D eigenvalue weighted by Gasteiger charge is 2.12. The Hall–Kier alpha value is -1.10. The van der Waals surface area contributed by atoms with Crippen LogP contribution in [0.15, 0.2) is 23.1 Å². The highest BCUT2D eigenvalue weighted by Crippen LogP contribution is 2.26. The maximum atomic E-state index is 12.0. The Kier molecular flexibility index (Phi) is 4.73. The van der Waals surface area contributed by atoms with Gasteiger partial charge in [-0.3, -0.25) is 4.79 Å². The molecular weight excluding hydrogens is 234 g/mol. The second-order valence-corrected chi connectivity index (χ2v) is 3.87. The molecule has 0 radical (unpaired) electrons. The fourth-order valence-corrected chi connectivity index (χ4v) is 1.87. The molecule has 0 aliphatic rings. The molecule has 0 fully saturated rings. The first-order chi connectivity index (χ1) is 7.58. The molecule has 0 unspecified atom stereocenters. The average molecular weight is 246 g/mol. The molecule has 0 aliphatic carbocycles. The van der Waals surface area contributed by atoms with Crippen LogP contribution in [0.3, 0.4) is 0 Å². The van der Waals surface area contributed by atoms with E-state index in [2.05, 4.69) is 4.74 Å². The summed E-state index contributed by atoms with van der Waals surface area (Å²) in [6.07, 6.45) is 2.17. The van der Waals surface area contributed by atoms with E-state index in [1.807, 2.05) is 6.26 Å². The topological polar surface area (TPSA) is 26.3 Å². The molecule has 0 aliphatic heterocycles. The van der Waals surface area contributed by atoms with Crippen LogP contribution in [0, 0.1) is 0 Å². The summed E-state index contributed by atoms with van der Waals surface area (Å²) in [5, 5.41) is 0. The predicted molar refractivity (Wildman–Crippen MR) is 59.5 cm³/mol. The van der Waals surface area contributed by atoms with Crippen molar-refractivity contribution in [2.45, 2.75) is 24.9 Å². The van der Waals surface area contributed by atoms with E-state index >= 15 is 0 Å². The zero-order valence-electron chi connectivity index (χ0n) is 9.00. The van der Waals surface area contributed by atoms with Gasteiger partial charge in [0.1, 0.15) is 5.75 Å². The smallest absolute Gasteiger partial charge is 0.387 e. The zero-order valence-corrected chi connectivity index (χ0v) is 9.81. The number of alkyl halides is 2. The van der Waals surface area contributed by atoms with Gasteiger partial charge in [0.15, 0.2) is 5.78 Å². The summed E-state index contributed by atoms with van der Waals surface area (Å²) >= 11 is 1.40.